The van der Waals surface area contributed by atoms with Gasteiger partial charge in [0, 0.05) is 0 Å². The Bertz CT molecular complexity index is 842. The van der Waals surface area contributed by atoms with Crippen molar-refractivity contribution in [2.24, 2.45) is 5.73 Å². The summed E-state index contributed by atoms with van der Waals surface area (Å²) in [6.45, 7) is -0.730. The molecule has 0 aliphatic carbocycles. The Morgan fingerprint density at radius 2 is 1.34 bits per heavy atom. The molecule has 0 aliphatic rings. The minimum absolute atomic E-state index is 0.0720. The number of amides is 3. The molecule has 0 aliphatic heterocycles. The molecule has 8 N–H and O–H groups in total. The van der Waals surface area contributed by atoms with Gasteiger partial charge in [-0.05, 0) is 61.0 Å². The first-order chi connectivity index (χ1) is 16.6. The summed E-state index contributed by atoms with van der Waals surface area (Å²) in [5.41, 5.74) is 6.61. The highest BCUT2D eigenvalue weighted by Crippen LogP contribution is 2.11. The number of aliphatic hydroxyl groups is 1. The Morgan fingerprint density at radius 3 is 1.86 bits per heavy atom. The van der Waals surface area contributed by atoms with E-state index in [-0.39, 0.29) is 25.0 Å². The van der Waals surface area contributed by atoms with Crippen LogP contribution in [0, 0.1) is 0 Å². The Kier molecular flexibility index (Phi) is 14.2. The summed E-state index contributed by atoms with van der Waals surface area (Å²) < 4.78 is 0. The van der Waals surface area contributed by atoms with E-state index in [9.17, 15) is 34.5 Å². The lowest BCUT2D eigenvalue weighted by Gasteiger charge is -2.24. The van der Waals surface area contributed by atoms with Gasteiger partial charge in [-0.15, -0.1) is 0 Å². The number of hydrogen-bond acceptors (Lipinski definition) is 9. The van der Waals surface area contributed by atoms with Gasteiger partial charge in [-0.3, -0.25) is 14.4 Å². The number of phenols is 1. The number of thioether (sulfide) groups is 2. The second-order valence-electron chi connectivity index (χ2n) is 7.74. The number of rotatable bonds is 16. The van der Waals surface area contributed by atoms with Crippen LogP contribution >= 0.6 is 23.5 Å². The highest BCUT2D eigenvalue weighted by molar-refractivity contribution is 7.98. The molecule has 196 valence electrons. The van der Waals surface area contributed by atoms with Gasteiger partial charge in [0.1, 0.15) is 23.9 Å². The van der Waals surface area contributed by atoms with Crippen LogP contribution in [-0.4, -0.2) is 93.8 Å². The van der Waals surface area contributed by atoms with E-state index in [0.717, 1.165) is 0 Å². The average molecular weight is 531 g/mol. The number of carbonyl (C=O) groups is 4. The Morgan fingerprint density at radius 1 is 0.857 bits per heavy atom. The number of carboxylic acid groups (broad SMARTS) is 1. The molecular weight excluding hydrogens is 496 g/mol. The molecule has 0 heterocycles. The van der Waals surface area contributed by atoms with Gasteiger partial charge in [0.15, 0.2) is 0 Å². The molecular formula is C22H34N4O7S2. The number of hydrogen-bond donors (Lipinski definition) is 7. The summed E-state index contributed by atoms with van der Waals surface area (Å²) >= 11 is 2.89. The van der Waals surface area contributed by atoms with E-state index in [0.29, 0.717) is 17.1 Å². The number of aromatic hydroxyl groups is 1. The van der Waals surface area contributed by atoms with Gasteiger partial charge in [0.25, 0.3) is 0 Å². The number of benzene rings is 1. The van der Waals surface area contributed by atoms with Gasteiger partial charge in [0.2, 0.25) is 17.7 Å². The summed E-state index contributed by atoms with van der Waals surface area (Å²) in [4.78, 5) is 49.4. The molecule has 1 aromatic carbocycles. The molecule has 1 rings (SSSR count). The van der Waals surface area contributed by atoms with Gasteiger partial charge in [-0.2, -0.15) is 23.5 Å². The van der Waals surface area contributed by atoms with Gasteiger partial charge in [-0.25, -0.2) is 4.79 Å². The molecule has 3 amide bonds. The van der Waals surface area contributed by atoms with Crippen LogP contribution in [0.15, 0.2) is 24.3 Å². The predicted octanol–water partition coefficient (Wildman–Crippen LogP) is -0.700. The van der Waals surface area contributed by atoms with Crippen molar-refractivity contribution in [3.63, 3.8) is 0 Å². The van der Waals surface area contributed by atoms with E-state index < -0.39 is 54.5 Å². The summed E-state index contributed by atoms with van der Waals surface area (Å²) in [6.07, 6.45) is 4.22. The lowest BCUT2D eigenvalue weighted by atomic mass is 10.1. The van der Waals surface area contributed by atoms with E-state index in [4.69, 9.17) is 5.73 Å². The summed E-state index contributed by atoms with van der Waals surface area (Å²) in [5.74, 6) is -2.20. The highest BCUT2D eigenvalue weighted by atomic mass is 32.2. The number of aliphatic carboxylic acids is 1. The zero-order valence-corrected chi connectivity index (χ0v) is 21.4. The lowest BCUT2D eigenvalue weighted by Crippen LogP contribution is -2.58. The van der Waals surface area contributed by atoms with Crippen LogP contribution in [0.2, 0.25) is 0 Å². The zero-order chi connectivity index (χ0) is 26.4. The second-order valence-corrected chi connectivity index (χ2v) is 9.72. The van der Waals surface area contributed by atoms with Crippen LogP contribution in [-0.2, 0) is 25.6 Å². The Labute approximate surface area is 213 Å². The van der Waals surface area contributed by atoms with Crippen molar-refractivity contribution in [2.75, 3.05) is 30.6 Å². The molecule has 0 aromatic heterocycles. The molecule has 35 heavy (non-hydrogen) atoms. The van der Waals surface area contributed by atoms with Crippen LogP contribution in [0.1, 0.15) is 18.4 Å². The standard InChI is InChI=1S/C22H34N4O7S2/c1-34-9-7-16(20(30)25-17(22(32)33)8-10-35-2)24-21(31)18(12-27)26-19(29)15(23)11-13-3-5-14(28)6-4-13/h3-6,15-18,27-28H,7-12,23H2,1-2H3,(H,24,31)(H,25,30)(H,26,29)(H,32,33). The summed E-state index contributed by atoms with van der Waals surface area (Å²) in [5, 5.41) is 35.7. The van der Waals surface area contributed by atoms with Crippen molar-refractivity contribution in [3.05, 3.63) is 29.8 Å². The molecule has 0 radical (unpaired) electrons. The van der Waals surface area contributed by atoms with Crippen molar-refractivity contribution in [3.8, 4) is 5.75 Å². The molecule has 0 spiro atoms. The molecule has 4 atom stereocenters. The van der Waals surface area contributed by atoms with Gasteiger partial charge in [0.05, 0.1) is 12.6 Å². The van der Waals surface area contributed by atoms with E-state index in [1.165, 1.54) is 35.7 Å². The minimum Gasteiger partial charge on any atom is -0.508 e. The van der Waals surface area contributed by atoms with Gasteiger partial charge < -0.3 is 37.0 Å². The largest absolute Gasteiger partial charge is 0.508 e. The molecule has 13 heteroatoms. The average Bonchev–Trinajstić information content (AvgIpc) is 2.83. The molecule has 4 unspecified atom stereocenters. The smallest absolute Gasteiger partial charge is 0.326 e. The van der Waals surface area contributed by atoms with Crippen LogP contribution in [0.4, 0.5) is 0 Å². The molecule has 0 saturated carbocycles. The number of nitrogens with one attached hydrogen (secondary N) is 3. The monoisotopic (exact) mass is 530 g/mol. The number of carbonyl (C=O) groups excluding carboxylic acids is 3. The first-order valence-corrected chi connectivity index (χ1v) is 13.7. The topological polar surface area (TPSA) is 191 Å². The first kappa shape index (κ1) is 30.6. The van der Waals surface area contributed by atoms with Gasteiger partial charge in [-0.1, -0.05) is 12.1 Å². The third-order valence-corrected chi connectivity index (χ3v) is 6.30. The molecule has 0 saturated heterocycles. The normalized spacial score (nSPS) is 14.3. The second kappa shape index (κ2) is 16.2. The maximum atomic E-state index is 12.7. The number of nitrogens with two attached hydrogens (primary N) is 1. The third-order valence-electron chi connectivity index (χ3n) is 5.01. The fourth-order valence-corrected chi connectivity index (χ4v) is 3.94. The fraction of sp³-hybridized carbons (Fsp3) is 0.545. The Hall–Kier alpha value is -2.48. The highest BCUT2D eigenvalue weighted by Gasteiger charge is 2.29. The van der Waals surface area contributed by atoms with Crippen molar-refractivity contribution >= 4 is 47.2 Å². The SMILES string of the molecule is CSCCC(NC(=O)C(CCSC)NC(=O)C(CO)NC(=O)C(N)Cc1ccc(O)cc1)C(=O)O. The molecule has 0 bridgehead atoms. The van der Waals surface area contributed by atoms with Crippen LogP contribution in [0.3, 0.4) is 0 Å². The number of phenolic OH excluding ortho intramolecular Hbond substituents is 1. The Balaban J connectivity index is 2.79. The maximum absolute atomic E-state index is 12.7. The third kappa shape index (κ3) is 11.2. The maximum Gasteiger partial charge on any atom is 0.326 e. The van der Waals surface area contributed by atoms with Crippen molar-refractivity contribution < 1.29 is 34.5 Å². The predicted molar refractivity (Wildman–Crippen MR) is 136 cm³/mol. The lowest BCUT2D eigenvalue weighted by molar-refractivity contribution is -0.142. The van der Waals surface area contributed by atoms with E-state index >= 15 is 0 Å². The van der Waals surface area contributed by atoms with Crippen LogP contribution in [0.25, 0.3) is 0 Å². The molecule has 11 nitrogen and oxygen atoms in total. The zero-order valence-electron chi connectivity index (χ0n) is 19.7. The summed E-state index contributed by atoms with van der Waals surface area (Å²) in [6, 6.07) is 1.60. The molecule has 0 fully saturated rings. The van der Waals surface area contributed by atoms with Crippen molar-refractivity contribution in [1.29, 1.82) is 0 Å². The van der Waals surface area contributed by atoms with Crippen molar-refractivity contribution in [1.82, 2.24) is 16.0 Å². The number of aliphatic hydroxyl groups excluding tert-OH is 1. The minimum atomic E-state index is -1.36. The molecule has 1 aromatic rings. The van der Waals surface area contributed by atoms with E-state index in [2.05, 4.69) is 16.0 Å². The van der Waals surface area contributed by atoms with E-state index in [1.54, 1.807) is 12.1 Å². The summed E-state index contributed by atoms with van der Waals surface area (Å²) in [7, 11) is 0. The first-order valence-electron chi connectivity index (χ1n) is 10.9. The van der Waals surface area contributed by atoms with E-state index in [1.807, 2.05) is 12.5 Å². The number of carboxylic acids is 1. The van der Waals surface area contributed by atoms with Crippen LogP contribution in [0.5, 0.6) is 5.75 Å². The van der Waals surface area contributed by atoms with Crippen molar-refractivity contribution in [2.45, 2.75) is 43.4 Å². The quantitative estimate of drug-likeness (QED) is 0.144. The van der Waals surface area contributed by atoms with Crippen LogP contribution < -0.4 is 21.7 Å². The fourth-order valence-electron chi connectivity index (χ4n) is 2.99. The van der Waals surface area contributed by atoms with Gasteiger partial charge >= 0.3 is 5.97 Å².